The molecule has 0 atom stereocenters. The molecule has 1 N–H and O–H groups in total. The van der Waals surface area contributed by atoms with Gasteiger partial charge in [-0.3, -0.25) is 19.7 Å². The van der Waals surface area contributed by atoms with Crippen LogP contribution in [-0.4, -0.2) is 37.1 Å². The molecule has 31 heavy (non-hydrogen) atoms. The van der Waals surface area contributed by atoms with Gasteiger partial charge in [0, 0.05) is 29.3 Å². The molecule has 0 aliphatic carbocycles. The summed E-state index contributed by atoms with van der Waals surface area (Å²) in [6.45, 7) is 3.31. The molecular formula is C21H23ClN2O7. The molecule has 0 radical (unpaired) electrons. The zero-order valence-corrected chi connectivity index (χ0v) is 18.2. The van der Waals surface area contributed by atoms with E-state index >= 15 is 0 Å². The van der Waals surface area contributed by atoms with E-state index in [1.54, 1.807) is 25.1 Å². The first-order valence-corrected chi connectivity index (χ1v) is 9.76. The summed E-state index contributed by atoms with van der Waals surface area (Å²) >= 11 is 5.89. The van der Waals surface area contributed by atoms with Gasteiger partial charge in [-0.05, 0) is 49.6 Å². The van der Waals surface area contributed by atoms with Crippen molar-refractivity contribution in [1.29, 1.82) is 0 Å². The van der Waals surface area contributed by atoms with Crippen LogP contribution in [0.1, 0.15) is 24.0 Å². The Morgan fingerprint density at radius 1 is 1.13 bits per heavy atom. The highest BCUT2D eigenvalue weighted by molar-refractivity contribution is 6.30. The molecule has 0 saturated heterocycles. The number of hydrogen-bond acceptors (Lipinski definition) is 7. The molecule has 2 rings (SSSR count). The summed E-state index contributed by atoms with van der Waals surface area (Å²) in [4.78, 5) is 34.4. The van der Waals surface area contributed by atoms with Crippen LogP contribution < -0.4 is 14.8 Å². The molecule has 0 spiro atoms. The number of hydrogen-bond donors (Lipinski definition) is 1. The molecule has 2 aromatic rings. The molecule has 1 amide bonds. The van der Waals surface area contributed by atoms with Gasteiger partial charge < -0.3 is 19.5 Å². The van der Waals surface area contributed by atoms with Crippen molar-refractivity contribution in [2.24, 2.45) is 0 Å². The van der Waals surface area contributed by atoms with Crippen LogP contribution in [0.25, 0.3) is 0 Å². The van der Waals surface area contributed by atoms with Gasteiger partial charge in [-0.2, -0.15) is 0 Å². The first-order valence-electron chi connectivity index (χ1n) is 9.38. The number of nitro groups is 1. The topological polar surface area (TPSA) is 117 Å². The number of nitrogens with zero attached hydrogens (tertiary/aromatic N) is 1. The van der Waals surface area contributed by atoms with Gasteiger partial charge in [-0.25, -0.2) is 0 Å². The molecule has 0 bridgehead atoms. The van der Waals surface area contributed by atoms with E-state index < -0.39 is 23.4 Å². The highest BCUT2D eigenvalue weighted by atomic mass is 35.5. The van der Waals surface area contributed by atoms with Crippen molar-refractivity contribution in [2.45, 2.75) is 26.7 Å². The second kappa shape index (κ2) is 11.2. The second-order valence-electron chi connectivity index (χ2n) is 6.67. The van der Waals surface area contributed by atoms with Crippen molar-refractivity contribution < 1.29 is 28.7 Å². The van der Waals surface area contributed by atoms with Crippen molar-refractivity contribution in [1.82, 2.24) is 0 Å². The van der Waals surface area contributed by atoms with E-state index in [-0.39, 0.29) is 17.9 Å². The Labute approximate surface area is 184 Å². The van der Waals surface area contributed by atoms with Crippen LogP contribution in [0, 0.1) is 24.0 Å². The molecule has 2 aromatic carbocycles. The molecule has 166 valence electrons. The highest BCUT2D eigenvalue weighted by Crippen LogP contribution is 2.32. The second-order valence-corrected chi connectivity index (χ2v) is 7.10. The lowest BCUT2D eigenvalue weighted by Crippen LogP contribution is -2.21. The number of nitrogens with one attached hydrogen (secondary N) is 1. The summed E-state index contributed by atoms with van der Waals surface area (Å²) in [7, 11) is 1.29. The largest absolute Gasteiger partial charge is 0.493 e. The number of methoxy groups -OCH3 is 1. The Kier molecular flexibility index (Phi) is 8.63. The number of halogens is 1. The number of anilines is 1. The fraction of sp³-hybridized carbons (Fsp3) is 0.333. The van der Waals surface area contributed by atoms with Crippen molar-refractivity contribution in [3.05, 3.63) is 56.6 Å². The molecule has 0 unspecified atom stereocenters. The minimum Gasteiger partial charge on any atom is -0.493 e. The van der Waals surface area contributed by atoms with Gasteiger partial charge >= 0.3 is 11.7 Å². The lowest BCUT2D eigenvalue weighted by atomic mass is 10.1. The maximum absolute atomic E-state index is 12.1. The fourth-order valence-electron chi connectivity index (χ4n) is 2.69. The lowest BCUT2D eigenvalue weighted by Gasteiger charge is -2.11. The monoisotopic (exact) mass is 450 g/mol. The molecule has 0 heterocycles. The first-order chi connectivity index (χ1) is 14.7. The molecule has 0 aliphatic rings. The predicted octanol–water partition coefficient (Wildman–Crippen LogP) is 4.21. The number of nitro benzene ring substituents is 1. The summed E-state index contributed by atoms with van der Waals surface area (Å²) < 4.78 is 15.6. The van der Waals surface area contributed by atoms with Crippen LogP contribution in [0.4, 0.5) is 11.4 Å². The van der Waals surface area contributed by atoms with Gasteiger partial charge in [0.1, 0.15) is 5.75 Å². The van der Waals surface area contributed by atoms with Crippen LogP contribution in [0.3, 0.4) is 0 Å². The van der Waals surface area contributed by atoms with Crippen LogP contribution in [-0.2, 0) is 14.3 Å². The highest BCUT2D eigenvalue weighted by Gasteiger charge is 2.18. The van der Waals surface area contributed by atoms with E-state index in [9.17, 15) is 19.7 Å². The number of benzene rings is 2. The Morgan fingerprint density at radius 3 is 2.52 bits per heavy atom. The van der Waals surface area contributed by atoms with Crippen LogP contribution in [0.5, 0.6) is 11.5 Å². The van der Waals surface area contributed by atoms with E-state index in [0.29, 0.717) is 35.1 Å². The average molecular weight is 451 g/mol. The van der Waals surface area contributed by atoms with Gasteiger partial charge in [-0.1, -0.05) is 11.6 Å². The van der Waals surface area contributed by atoms with Gasteiger partial charge in [0.25, 0.3) is 5.91 Å². The third-order valence-electron chi connectivity index (χ3n) is 4.28. The fourth-order valence-corrected chi connectivity index (χ4v) is 2.92. The van der Waals surface area contributed by atoms with Crippen LogP contribution in [0.15, 0.2) is 30.3 Å². The maximum atomic E-state index is 12.1. The van der Waals surface area contributed by atoms with E-state index in [2.05, 4.69) is 5.32 Å². The lowest BCUT2D eigenvalue weighted by molar-refractivity contribution is -0.385. The third-order valence-corrected chi connectivity index (χ3v) is 4.52. The van der Waals surface area contributed by atoms with Crippen LogP contribution >= 0.6 is 11.6 Å². The number of aryl methyl sites for hydroxylation is 2. The number of carbonyl (C=O) groups excluding carboxylic acids is 2. The maximum Gasteiger partial charge on any atom is 0.311 e. The van der Waals surface area contributed by atoms with Crippen LogP contribution in [0.2, 0.25) is 5.02 Å². The number of amides is 1. The summed E-state index contributed by atoms with van der Waals surface area (Å²) in [6.07, 6.45) is 0.505. The zero-order chi connectivity index (χ0) is 23.0. The van der Waals surface area contributed by atoms with E-state index in [4.69, 9.17) is 25.8 Å². The molecule has 10 heteroatoms. The minimum absolute atomic E-state index is 0.0128. The molecule has 0 fully saturated rings. The minimum atomic E-state index is -0.572. The zero-order valence-electron chi connectivity index (χ0n) is 17.4. The van der Waals surface area contributed by atoms with Gasteiger partial charge in [0.2, 0.25) is 0 Å². The Hall–Kier alpha value is -3.33. The van der Waals surface area contributed by atoms with Crippen molar-refractivity contribution in [3.63, 3.8) is 0 Å². The van der Waals surface area contributed by atoms with Gasteiger partial charge in [0.05, 0.1) is 18.6 Å². The summed E-state index contributed by atoms with van der Waals surface area (Å²) in [6, 6.07) is 7.91. The van der Waals surface area contributed by atoms with E-state index in [1.807, 2.05) is 6.92 Å². The molecular weight excluding hydrogens is 428 g/mol. The normalized spacial score (nSPS) is 10.3. The standard InChI is InChI=1S/C21H23ClN2O7/c1-13-10-17(24(27)28)19(29-3)11-16(13)23-20(25)12-31-21(26)5-4-8-30-18-7-6-15(22)9-14(18)2/h6-7,9-11H,4-5,8,12H2,1-3H3,(H,23,25). The number of esters is 1. The van der Waals surface area contributed by atoms with E-state index in [1.165, 1.54) is 19.2 Å². The van der Waals surface area contributed by atoms with Crippen molar-refractivity contribution >= 4 is 34.9 Å². The summed E-state index contributed by atoms with van der Waals surface area (Å²) in [5.74, 6) is -0.408. The van der Waals surface area contributed by atoms with E-state index in [0.717, 1.165) is 5.56 Å². The third kappa shape index (κ3) is 7.14. The summed E-state index contributed by atoms with van der Waals surface area (Å²) in [5.41, 5.74) is 1.49. The molecule has 0 aromatic heterocycles. The smallest absolute Gasteiger partial charge is 0.311 e. The quantitative estimate of drug-likeness (QED) is 0.249. The Morgan fingerprint density at radius 2 is 1.87 bits per heavy atom. The Bertz CT molecular complexity index is 978. The molecule has 0 aliphatic heterocycles. The number of rotatable bonds is 10. The predicted molar refractivity (Wildman–Crippen MR) is 115 cm³/mol. The average Bonchev–Trinajstić information content (AvgIpc) is 2.72. The first kappa shape index (κ1) is 23.9. The Balaban J connectivity index is 1.77. The van der Waals surface area contributed by atoms with Gasteiger partial charge in [0.15, 0.2) is 12.4 Å². The number of carbonyl (C=O) groups is 2. The van der Waals surface area contributed by atoms with Crippen molar-refractivity contribution in [2.75, 3.05) is 25.6 Å². The SMILES string of the molecule is COc1cc(NC(=O)COC(=O)CCCOc2ccc(Cl)cc2C)c(C)cc1[N+](=O)[O-]. The molecule has 9 nitrogen and oxygen atoms in total. The van der Waals surface area contributed by atoms with Gasteiger partial charge in [-0.15, -0.1) is 0 Å². The van der Waals surface area contributed by atoms with Crippen molar-refractivity contribution in [3.8, 4) is 11.5 Å². The molecule has 0 saturated carbocycles. The number of ether oxygens (including phenoxy) is 3. The summed E-state index contributed by atoms with van der Waals surface area (Å²) in [5, 5.41) is 14.2.